The predicted octanol–water partition coefficient (Wildman–Crippen LogP) is 1.97. The Kier molecular flexibility index (Phi) is 6.53. The summed E-state index contributed by atoms with van der Waals surface area (Å²) < 4.78 is 30.3. The molecule has 0 aliphatic carbocycles. The number of aliphatic hydroxyl groups excluding tert-OH is 1. The fourth-order valence-corrected chi connectivity index (χ4v) is 4.14. The van der Waals surface area contributed by atoms with Crippen molar-refractivity contribution in [3.8, 4) is 11.6 Å². The minimum Gasteiger partial charge on any atom is -0.482 e. The average molecular weight is 497 g/mol. The summed E-state index contributed by atoms with van der Waals surface area (Å²) in [5, 5.41) is 16.4. The van der Waals surface area contributed by atoms with Gasteiger partial charge in [-0.1, -0.05) is 0 Å². The highest BCUT2D eigenvalue weighted by molar-refractivity contribution is 5.97. The zero-order valence-corrected chi connectivity index (χ0v) is 19.4. The first kappa shape index (κ1) is 23.7. The van der Waals surface area contributed by atoms with Crippen LogP contribution in [0.15, 0.2) is 36.5 Å². The standard InChI is InChI=1S/C24H24FN5O6/c1-34-22-5-3-16-23(29-22)14(15(25)10-27-16)9-26-7-6-18(31)20-11-30(24(33)36-20)13-2-4-19-17(8-13)28-21(32)12-35-19/h2-5,8,10,18,20,26,31H,6-7,9,11-12H2,1H3,(H,28,32)/t18-,20?/m0/s1. The molecular formula is C24H24FN5O6. The maximum Gasteiger partial charge on any atom is 0.414 e. The molecule has 1 saturated heterocycles. The van der Waals surface area contributed by atoms with Crippen LogP contribution in [0.4, 0.5) is 20.6 Å². The van der Waals surface area contributed by atoms with Crippen LogP contribution in [-0.2, 0) is 16.1 Å². The van der Waals surface area contributed by atoms with Crippen molar-refractivity contribution in [2.45, 2.75) is 25.2 Å². The number of hydrogen-bond acceptors (Lipinski definition) is 9. The van der Waals surface area contributed by atoms with Crippen molar-refractivity contribution < 1.29 is 33.3 Å². The summed E-state index contributed by atoms with van der Waals surface area (Å²) in [7, 11) is 1.48. The Bertz CT molecular complexity index is 1320. The Morgan fingerprint density at radius 2 is 2.19 bits per heavy atom. The molecule has 2 aromatic heterocycles. The van der Waals surface area contributed by atoms with Gasteiger partial charge in [-0.15, -0.1) is 0 Å². The van der Waals surface area contributed by atoms with E-state index in [0.29, 0.717) is 46.1 Å². The quantitative estimate of drug-likeness (QED) is 0.399. The van der Waals surface area contributed by atoms with Gasteiger partial charge in [0.25, 0.3) is 5.91 Å². The van der Waals surface area contributed by atoms with E-state index < -0.39 is 24.1 Å². The molecule has 0 radical (unpaired) electrons. The van der Waals surface area contributed by atoms with Crippen molar-refractivity contribution >= 4 is 34.4 Å². The zero-order valence-electron chi connectivity index (χ0n) is 19.4. The third-order valence-electron chi connectivity index (χ3n) is 6.04. The van der Waals surface area contributed by atoms with Crippen LogP contribution in [0, 0.1) is 5.82 Å². The summed E-state index contributed by atoms with van der Waals surface area (Å²) in [6, 6.07) is 8.33. The van der Waals surface area contributed by atoms with Crippen LogP contribution in [0.1, 0.15) is 12.0 Å². The number of hydrogen-bond donors (Lipinski definition) is 3. The van der Waals surface area contributed by atoms with Crippen molar-refractivity contribution in [1.82, 2.24) is 15.3 Å². The number of anilines is 2. The number of amides is 2. The summed E-state index contributed by atoms with van der Waals surface area (Å²) in [4.78, 5) is 33.8. The Morgan fingerprint density at radius 1 is 1.33 bits per heavy atom. The fraction of sp³-hybridized carbons (Fsp3) is 0.333. The predicted molar refractivity (Wildman–Crippen MR) is 127 cm³/mol. The molecule has 5 rings (SSSR count). The number of methoxy groups -OCH3 is 1. The first-order valence-corrected chi connectivity index (χ1v) is 11.3. The van der Waals surface area contributed by atoms with E-state index in [-0.39, 0.29) is 32.0 Å². The summed E-state index contributed by atoms with van der Waals surface area (Å²) >= 11 is 0. The maximum atomic E-state index is 14.4. The van der Waals surface area contributed by atoms with Gasteiger partial charge in [-0.25, -0.2) is 14.2 Å². The number of rotatable bonds is 8. The summed E-state index contributed by atoms with van der Waals surface area (Å²) in [5.74, 6) is 0.0935. The third-order valence-corrected chi connectivity index (χ3v) is 6.04. The van der Waals surface area contributed by atoms with Crippen molar-refractivity contribution in [3.05, 3.63) is 47.9 Å². The average Bonchev–Trinajstić information content (AvgIpc) is 3.28. The number of aliphatic hydroxyl groups is 1. The number of ether oxygens (including phenoxy) is 3. The van der Waals surface area contributed by atoms with Gasteiger partial charge in [0.1, 0.15) is 23.2 Å². The minimum absolute atomic E-state index is 0.0604. The molecule has 0 spiro atoms. The van der Waals surface area contributed by atoms with Gasteiger partial charge in [-0.2, -0.15) is 0 Å². The largest absolute Gasteiger partial charge is 0.482 e. The summed E-state index contributed by atoms with van der Waals surface area (Å²) in [6.45, 7) is 0.581. The van der Waals surface area contributed by atoms with Gasteiger partial charge in [0.05, 0.1) is 37.2 Å². The lowest BCUT2D eigenvalue weighted by Crippen LogP contribution is -2.33. The second-order valence-corrected chi connectivity index (χ2v) is 8.39. The number of pyridine rings is 2. The first-order valence-electron chi connectivity index (χ1n) is 11.3. The number of carbonyl (C=O) groups excluding carboxylic acids is 2. The number of nitrogens with zero attached hydrogens (tertiary/aromatic N) is 3. The Hall–Kier alpha value is -4.03. The normalized spacial score (nSPS) is 17.9. The highest BCUT2D eigenvalue weighted by Gasteiger charge is 2.37. The van der Waals surface area contributed by atoms with E-state index in [4.69, 9.17) is 14.2 Å². The first-order chi connectivity index (χ1) is 17.4. The van der Waals surface area contributed by atoms with Crippen molar-refractivity contribution in [2.24, 2.45) is 0 Å². The van der Waals surface area contributed by atoms with Crippen LogP contribution in [0.25, 0.3) is 11.0 Å². The van der Waals surface area contributed by atoms with E-state index in [1.54, 1.807) is 30.3 Å². The lowest BCUT2D eigenvalue weighted by atomic mass is 10.1. The van der Waals surface area contributed by atoms with Crippen molar-refractivity contribution in [3.63, 3.8) is 0 Å². The second-order valence-electron chi connectivity index (χ2n) is 8.39. The molecular weight excluding hydrogens is 473 g/mol. The van der Waals surface area contributed by atoms with Gasteiger partial charge in [-0.3, -0.25) is 14.7 Å². The number of fused-ring (bicyclic) bond motifs is 2. The molecule has 1 unspecified atom stereocenters. The lowest BCUT2D eigenvalue weighted by Gasteiger charge is -2.21. The van der Waals surface area contributed by atoms with E-state index in [1.807, 2.05) is 0 Å². The van der Waals surface area contributed by atoms with Crippen LogP contribution in [-0.4, -0.2) is 66.1 Å². The minimum atomic E-state index is -0.940. The molecule has 0 bridgehead atoms. The van der Waals surface area contributed by atoms with Crippen molar-refractivity contribution in [1.29, 1.82) is 0 Å². The monoisotopic (exact) mass is 497 g/mol. The number of halogens is 1. The molecule has 2 aliphatic heterocycles. The van der Waals surface area contributed by atoms with Gasteiger partial charge in [0, 0.05) is 23.9 Å². The SMILES string of the molecule is COc1ccc2ncc(F)c(CNCC[C@H](O)C3CN(c4ccc5c(c4)NC(=O)CO5)C(=O)O3)c2n1. The van der Waals surface area contributed by atoms with Crippen LogP contribution in [0.3, 0.4) is 0 Å². The molecule has 2 aliphatic rings. The van der Waals surface area contributed by atoms with E-state index in [2.05, 4.69) is 20.6 Å². The highest BCUT2D eigenvalue weighted by atomic mass is 19.1. The van der Waals surface area contributed by atoms with Gasteiger partial charge in [0.15, 0.2) is 6.61 Å². The molecule has 11 nitrogen and oxygen atoms in total. The van der Waals surface area contributed by atoms with Gasteiger partial charge in [0.2, 0.25) is 5.88 Å². The number of benzene rings is 1. The van der Waals surface area contributed by atoms with Crippen molar-refractivity contribution in [2.75, 3.05) is 37.0 Å². The topological polar surface area (TPSA) is 135 Å². The maximum absolute atomic E-state index is 14.4. The molecule has 3 aromatic rings. The Morgan fingerprint density at radius 3 is 3.03 bits per heavy atom. The number of aromatic nitrogens is 2. The molecule has 3 N–H and O–H groups in total. The van der Waals surface area contributed by atoms with Crippen LogP contribution >= 0.6 is 0 Å². The zero-order chi connectivity index (χ0) is 25.2. The van der Waals surface area contributed by atoms with E-state index in [1.165, 1.54) is 12.0 Å². The number of cyclic esters (lactones) is 1. The lowest BCUT2D eigenvalue weighted by molar-refractivity contribution is -0.118. The van der Waals surface area contributed by atoms with Gasteiger partial charge < -0.3 is 30.0 Å². The molecule has 2 amide bonds. The number of carbonyl (C=O) groups is 2. The molecule has 12 heteroatoms. The van der Waals surface area contributed by atoms with Crippen LogP contribution in [0.5, 0.6) is 11.6 Å². The molecule has 4 heterocycles. The molecule has 1 fully saturated rings. The van der Waals surface area contributed by atoms with Gasteiger partial charge >= 0.3 is 6.09 Å². The molecule has 0 saturated carbocycles. The molecule has 2 atom stereocenters. The third kappa shape index (κ3) is 4.72. The van der Waals surface area contributed by atoms with E-state index in [0.717, 1.165) is 6.20 Å². The van der Waals surface area contributed by atoms with Crippen LogP contribution < -0.4 is 25.0 Å². The van der Waals surface area contributed by atoms with E-state index in [9.17, 15) is 19.1 Å². The number of nitrogens with one attached hydrogen (secondary N) is 2. The molecule has 188 valence electrons. The highest BCUT2D eigenvalue weighted by Crippen LogP contribution is 2.34. The molecule has 36 heavy (non-hydrogen) atoms. The summed E-state index contributed by atoms with van der Waals surface area (Å²) in [5.41, 5.74) is 2.26. The Balaban J connectivity index is 1.17. The van der Waals surface area contributed by atoms with E-state index >= 15 is 0 Å². The van der Waals surface area contributed by atoms with Crippen LogP contribution in [0.2, 0.25) is 0 Å². The second kappa shape index (κ2) is 9.91. The Labute approximate surface area is 205 Å². The fourth-order valence-electron chi connectivity index (χ4n) is 4.14. The van der Waals surface area contributed by atoms with Gasteiger partial charge in [-0.05, 0) is 37.2 Å². The smallest absolute Gasteiger partial charge is 0.414 e. The molecule has 1 aromatic carbocycles. The summed E-state index contributed by atoms with van der Waals surface area (Å²) in [6.07, 6.45) is -0.871.